The highest BCUT2D eigenvalue weighted by atomic mass is 32.1. The Morgan fingerprint density at radius 1 is 1.21 bits per heavy atom. The van der Waals surface area contributed by atoms with Crippen molar-refractivity contribution >= 4 is 23.1 Å². The Kier molecular flexibility index (Phi) is 7.33. The average Bonchev–Trinajstić information content (AvgIpc) is 2.29. The number of thiocarbonyl (C=S) groups is 1. The van der Waals surface area contributed by atoms with Gasteiger partial charge in [0.25, 0.3) is 0 Å². The van der Waals surface area contributed by atoms with E-state index in [1.807, 2.05) is 13.8 Å². The van der Waals surface area contributed by atoms with Crippen molar-refractivity contribution in [2.75, 3.05) is 6.54 Å². The van der Waals surface area contributed by atoms with Gasteiger partial charge in [0.05, 0.1) is 10.4 Å². The van der Waals surface area contributed by atoms with Crippen LogP contribution in [0.1, 0.15) is 46.0 Å². The topological polar surface area (TPSA) is 55.1 Å². The Bertz CT molecular complexity index is 315. The summed E-state index contributed by atoms with van der Waals surface area (Å²) < 4.78 is 35.8. The quantitative estimate of drug-likeness (QED) is 0.535. The van der Waals surface area contributed by atoms with E-state index in [1.165, 1.54) is 0 Å². The molecule has 0 aliphatic rings. The van der Waals surface area contributed by atoms with Gasteiger partial charge in [-0.15, -0.1) is 0 Å². The number of amides is 1. The lowest BCUT2D eigenvalue weighted by molar-refractivity contribution is -0.135. The fourth-order valence-corrected chi connectivity index (χ4v) is 2.23. The number of hydrogen-bond acceptors (Lipinski definition) is 2. The molecule has 0 heterocycles. The van der Waals surface area contributed by atoms with E-state index < -0.39 is 18.0 Å². The lowest BCUT2D eigenvalue weighted by Crippen LogP contribution is -2.48. The SMILES string of the molecule is CCC(CC)(C(=O)NCCCCC(F)(F)F)C(N)=S. The third kappa shape index (κ3) is 5.76. The van der Waals surface area contributed by atoms with E-state index in [0.717, 1.165) is 0 Å². The fourth-order valence-electron chi connectivity index (χ4n) is 1.85. The Morgan fingerprint density at radius 2 is 1.74 bits per heavy atom. The zero-order valence-corrected chi connectivity index (χ0v) is 12.1. The molecule has 0 aromatic rings. The first-order valence-electron chi connectivity index (χ1n) is 6.34. The van der Waals surface area contributed by atoms with Gasteiger partial charge in [0.2, 0.25) is 5.91 Å². The molecule has 1 amide bonds. The number of alkyl halides is 3. The highest BCUT2D eigenvalue weighted by Gasteiger charge is 2.37. The van der Waals surface area contributed by atoms with E-state index >= 15 is 0 Å². The molecule has 19 heavy (non-hydrogen) atoms. The number of unbranched alkanes of at least 4 members (excludes halogenated alkanes) is 1. The van der Waals surface area contributed by atoms with Crippen molar-refractivity contribution in [2.24, 2.45) is 11.1 Å². The van der Waals surface area contributed by atoms with Crippen LogP contribution >= 0.6 is 12.2 Å². The molecule has 3 nitrogen and oxygen atoms in total. The highest BCUT2D eigenvalue weighted by Crippen LogP contribution is 2.27. The van der Waals surface area contributed by atoms with Crippen molar-refractivity contribution < 1.29 is 18.0 Å². The van der Waals surface area contributed by atoms with Crippen LogP contribution in [0.4, 0.5) is 13.2 Å². The van der Waals surface area contributed by atoms with E-state index in [-0.39, 0.29) is 30.3 Å². The monoisotopic (exact) mass is 298 g/mol. The van der Waals surface area contributed by atoms with Crippen LogP contribution < -0.4 is 11.1 Å². The molecule has 0 atom stereocenters. The summed E-state index contributed by atoms with van der Waals surface area (Å²) in [5.41, 5.74) is 4.71. The van der Waals surface area contributed by atoms with Gasteiger partial charge in [-0.3, -0.25) is 4.79 Å². The van der Waals surface area contributed by atoms with Gasteiger partial charge in [0, 0.05) is 13.0 Å². The minimum atomic E-state index is -4.14. The van der Waals surface area contributed by atoms with Crippen LogP contribution in [0.5, 0.6) is 0 Å². The van der Waals surface area contributed by atoms with Crippen molar-refractivity contribution in [2.45, 2.75) is 52.1 Å². The molecule has 0 spiro atoms. The molecule has 7 heteroatoms. The zero-order valence-electron chi connectivity index (χ0n) is 11.3. The van der Waals surface area contributed by atoms with Crippen molar-refractivity contribution in [3.8, 4) is 0 Å². The predicted molar refractivity (Wildman–Crippen MR) is 72.7 cm³/mol. The maximum Gasteiger partial charge on any atom is 0.389 e. The lowest BCUT2D eigenvalue weighted by atomic mass is 9.81. The molecule has 0 saturated carbocycles. The standard InChI is InChI=1S/C12H21F3N2OS/c1-3-11(4-2,9(16)19)10(18)17-8-6-5-7-12(13,14)15/h3-8H2,1-2H3,(H2,16,19)(H,17,18). The Balaban J connectivity index is 4.19. The number of nitrogens with two attached hydrogens (primary N) is 1. The van der Waals surface area contributed by atoms with E-state index in [2.05, 4.69) is 5.32 Å². The molecule has 0 fully saturated rings. The second-order valence-electron chi connectivity index (χ2n) is 4.48. The molecule has 0 aromatic carbocycles. The number of carbonyl (C=O) groups is 1. The first-order chi connectivity index (χ1) is 8.69. The van der Waals surface area contributed by atoms with Crippen LogP contribution in [-0.2, 0) is 4.79 Å². The molecular formula is C12H21F3N2OS. The molecule has 0 aliphatic heterocycles. The van der Waals surface area contributed by atoms with Crippen molar-refractivity contribution in [3.63, 3.8) is 0 Å². The molecule has 0 unspecified atom stereocenters. The molecule has 0 aromatic heterocycles. The third-order valence-corrected chi connectivity index (χ3v) is 3.68. The van der Waals surface area contributed by atoms with Gasteiger partial charge in [-0.2, -0.15) is 13.2 Å². The van der Waals surface area contributed by atoms with Gasteiger partial charge < -0.3 is 11.1 Å². The second-order valence-corrected chi connectivity index (χ2v) is 4.92. The van der Waals surface area contributed by atoms with Crippen molar-refractivity contribution in [1.29, 1.82) is 0 Å². The number of carbonyl (C=O) groups excluding carboxylic acids is 1. The Labute approximate surface area is 117 Å². The average molecular weight is 298 g/mol. The van der Waals surface area contributed by atoms with E-state index in [1.54, 1.807) is 0 Å². The Morgan fingerprint density at radius 3 is 2.11 bits per heavy atom. The minimum Gasteiger partial charge on any atom is -0.392 e. The van der Waals surface area contributed by atoms with E-state index in [4.69, 9.17) is 18.0 Å². The smallest absolute Gasteiger partial charge is 0.389 e. The second kappa shape index (κ2) is 7.67. The number of halogens is 3. The van der Waals surface area contributed by atoms with Crippen LogP contribution in [0.2, 0.25) is 0 Å². The summed E-state index contributed by atoms with van der Waals surface area (Å²) in [6, 6.07) is 0. The Hall–Kier alpha value is -0.850. The summed E-state index contributed by atoms with van der Waals surface area (Å²) in [5.74, 6) is -0.294. The molecule has 0 saturated heterocycles. The maximum absolute atomic E-state index is 12.0. The van der Waals surface area contributed by atoms with Crippen LogP contribution in [0.25, 0.3) is 0 Å². The van der Waals surface area contributed by atoms with Crippen molar-refractivity contribution in [1.82, 2.24) is 5.32 Å². The van der Waals surface area contributed by atoms with Gasteiger partial charge in [0.1, 0.15) is 0 Å². The first-order valence-corrected chi connectivity index (χ1v) is 6.75. The van der Waals surface area contributed by atoms with E-state index in [0.29, 0.717) is 12.8 Å². The van der Waals surface area contributed by atoms with Crippen molar-refractivity contribution in [3.05, 3.63) is 0 Å². The molecule has 0 aliphatic carbocycles. The van der Waals surface area contributed by atoms with Gasteiger partial charge >= 0.3 is 6.18 Å². The molecule has 3 N–H and O–H groups in total. The number of hydrogen-bond donors (Lipinski definition) is 2. The van der Waals surface area contributed by atoms with Crippen LogP contribution in [0.3, 0.4) is 0 Å². The van der Waals surface area contributed by atoms with Crippen LogP contribution in [-0.4, -0.2) is 23.6 Å². The number of nitrogens with one attached hydrogen (secondary N) is 1. The summed E-state index contributed by atoms with van der Waals surface area (Å²) in [4.78, 5) is 12.2. The van der Waals surface area contributed by atoms with E-state index in [9.17, 15) is 18.0 Å². The summed E-state index contributed by atoms with van der Waals surface area (Å²) >= 11 is 4.92. The molecule has 0 bridgehead atoms. The maximum atomic E-state index is 12.0. The number of rotatable bonds is 8. The molecule has 0 radical (unpaired) electrons. The summed E-state index contributed by atoms with van der Waals surface area (Å²) in [6.45, 7) is 3.83. The fraction of sp³-hybridized carbons (Fsp3) is 0.833. The molecule has 112 valence electrons. The summed E-state index contributed by atoms with van der Waals surface area (Å²) in [6.07, 6.45) is -3.72. The highest BCUT2D eigenvalue weighted by molar-refractivity contribution is 7.80. The molecular weight excluding hydrogens is 277 g/mol. The predicted octanol–water partition coefficient (Wildman–Crippen LogP) is 2.93. The summed E-state index contributed by atoms with van der Waals surface area (Å²) in [5, 5.41) is 2.62. The third-order valence-electron chi connectivity index (χ3n) is 3.29. The zero-order chi connectivity index (χ0) is 15.1. The first kappa shape index (κ1) is 18.1. The van der Waals surface area contributed by atoms with Gasteiger partial charge in [-0.05, 0) is 25.7 Å². The van der Waals surface area contributed by atoms with Gasteiger partial charge in [-0.25, -0.2) is 0 Å². The largest absolute Gasteiger partial charge is 0.392 e. The van der Waals surface area contributed by atoms with Gasteiger partial charge in [0.15, 0.2) is 0 Å². The molecule has 0 rings (SSSR count). The minimum absolute atomic E-state index is 0.00208. The lowest BCUT2D eigenvalue weighted by Gasteiger charge is -2.28. The van der Waals surface area contributed by atoms with Crippen LogP contribution in [0.15, 0.2) is 0 Å². The summed E-state index contributed by atoms with van der Waals surface area (Å²) in [7, 11) is 0. The van der Waals surface area contributed by atoms with Crippen LogP contribution in [0, 0.1) is 5.41 Å². The van der Waals surface area contributed by atoms with Gasteiger partial charge in [-0.1, -0.05) is 26.1 Å². The normalized spacial score (nSPS) is 12.3.